The smallest absolute Gasteiger partial charge is 0.253 e. The van der Waals surface area contributed by atoms with Crippen molar-refractivity contribution in [2.75, 3.05) is 19.4 Å². The maximum absolute atomic E-state index is 12.0. The molecule has 0 aliphatic carbocycles. The SMILES string of the molecule is CCCCC(N)C(=O)Nc1cc(C(=O)N(C)C)ccc1Cl. The molecule has 1 unspecified atom stereocenters. The third-order valence-electron chi connectivity index (χ3n) is 3.08. The third kappa shape index (κ3) is 5.02. The highest BCUT2D eigenvalue weighted by Crippen LogP contribution is 2.24. The van der Waals surface area contributed by atoms with Crippen molar-refractivity contribution in [1.29, 1.82) is 0 Å². The van der Waals surface area contributed by atoms with E-state index in [1.807, 2.05) is 6.92 Å². The lowest BCUT2D eigenvalue weighted by Gasteiger charge is -2.15. The molecule has 6 heteroatoms. The van der Waals surface area contributed by atoms with Crippen molar-refractivity contribution in [2.24, 2.45) is 5.73 Å². The van der Waals surface area contributed by atoms with Crippen LogP contribution in [0.5, 0.6) is 0 Å². The van der Waals surface area contributed by atoms with Crippen molar-refractivity contribution >= 4 is 29.1 Å². The van der Waals surface area contributed by atoms with Gasteiger partial charge in [0.05, 0.1) is 16.8 Å². The van der Waals surface area contributed by atoms with E-state index >= 15 is 0 Å². The normalized spacial score (nSPS) is 11.9. The second-order valence-electron chi connectivity index (χ2n) is 5.13. The lowest BCUT2D eigenvalue weighted by Crippen LogP contribution is -2.35. The molecule has 5 nitrogen and oxygen atoms in total. The van der Waals surface area contributed by atoms with Crippen LogP contribution in [0.3, 0.4) is 0 Å². The minimum atomic E-state index is -0.575. The van der Waals surface area contributed by atoms with Gasteiger partial charge in [0, 0.05) is 19.7 Å². The number of hydrogen-bond acceptors (Lipinski definition) is 3. The molecule has 0 spiro atoms. The van der Waals surface area contributed by atoms with E-state index in [-0.39, 0.29) is 11.8 Å². The Morgan fingerprint density at radius 1 is 1.38 bits per heavy atom. The Morgan fingerprint density at radius 2 is 2.05 bits per heavy atom. The average molecular weight is 312 g/mol. The molecule has 2 amide bonds. The molecular formula is C15H22ClN3O2. The third-order valence-corrected chi connectivity index (χ3v) is 3.41. The fraction of sp³-hybridized carbons (Fsp3) is 0.467. The number of rotatable bonds is 6. The van der Waals surface area contributed by atoms with Crippen LogP contribution in [0.4, 0.5) is 5.69 Å². The Labute approximate surface area is 130 Å². The first kappa shape index (κ1) is 17.5. The highest BCUT2D eigenvalue weighted by atomic mass is 35.5. The van der Waals surface area contributed by atoms with E-state index in [1.165, 1.54) is 4.90 Å². The molecule has 1 atom stereocenters. The monoisotopic (exact) mass is 311 g/mol. The van der Waals surface area contributed by atoms with Crippen molar-refractivity contribution in [1.82, 2.24) is 4.90 Å². The number of nitrogens with two attached hydrogens (primary N) is 1. The Kier molecular flexibility index (Phi) is 6.65. The number of amides is 2. The fourth-order valence-corrected chi connectivity index (χ4v) is 1.96. The van der Waals surface area contributed by atoms with Gasteiger partial charge >= 0.3 is 0 Å². The molecule has 1 aromatic rings. The van der Waals surface area contributed by atoms with Gasteiger partial charge in [-0.3, -0.25) is 9.59 Å². The van der Waals surface area contributed by atoms with E-state index in [4.69, 9.17) is 17.3 Å². The molecule has 0 radical (unpaired) electrons. The minimum Gasteiger partial charge on any atom is -0.345 e. The molecule has 0 bridgehead atoms. The van der Waals surface area contributed by atoms with Crippen molar-refractivity contribution in [3.8, 4) is 0 Å². The summed E-state index contributed by atoms with van der Waals surface area (Å²) < 4.78 is 0. The van der Waals surface area contributed by atoms with Gasteiger partial charge in [-0.15, -0.1) is 0 Å². The number of unbranched alkanes of at least 4 members (excludes halogenated alkanes) is 1. The number of benzene rings is 1. The standard InChI is InChI=1S/C15H22ClN3O2/c1-4-5-6-12(17)14(20)18-13-9-10(7-8-11(13)16)15(21)19(2)3/h7-9,12H,4-6,17H2,1-3H3,(H,18,20). The van der Waals surface area contributed by atoms with Crippen LogP contribution in [0.15, 0.2) is 18.2 Å². The van der Waals surface area contributed by atoms with Crippen LogP contribution in [-0.2, 0) is 4.79 Å². The molecule has 1 rings (SSSR count). The Bertz CT molecular complexity index is 518. The van der Waals surface area contributed by atoms with E-state index < -0.39 is 6.04 Å². The summed E-state index contributed by atoms with van der Waals surface area (Å²) in [6, 6.07) is 4.20. The summed E-state index contributed by atoms with van der Waals surface area (Å²) >= 11 is 6.05. The summed E-state index contributed by atoms with van der Waals surface area (Å²) in [5.41, 5.74) is 6.68. The summed E-state index contributed by atoms with van der Waals surface area (Å²) in [4.78, 5) is 25.4. The number of nitrogens with one attached hydrogen (secondary N) is 1. The molecule has 21 heavy (non-hydrogen) atoms. The van der Waals surface area contributed by atoms with Gasteiger partial charge in [-0.05, 0) is 24.6 Å². The maximum atomic E-state index is 12.0. The van der Waals surface area contributed by atoms with Crippen molar-refractivity contribution in [3.05, 3.63) is 28.8 Å². The number of anilines is 1. The van der Waals surface area contributed by atoms with Crippen LogP contribution in [0.1, 0.15) is 36.5 Å². The molecule has 0 saturated carbocycles. The van der Waals surface area contributed by atoms with Crippen LogP contribution in [-0.4, -0.2) is 36.9 Å². The first-order valence-corrected chi connectivity index (χ1v) is 7.32. The van der Waals surface area contributed by atoms with Crippen LogP contribution in [0.2, 0.25) is 5.02 Å². The predicted molar refractivity (Wildman–Crippen MR) is 85.6 cm³/mol. The molecule has 0 aliphatic rings. The van der Waals surface area contributed by atoms with E-state index in [1.54, 1.807) is 32.3 Å². The summed E-state index contributed by atoms with van der Waals surface area (Å²) in [7, 11) is 3.33. The van der Waals surface area contributed by atoms with Gasteiger partial charge in [-0.1, -0.05) is 31.4 Å². The van der Waals surface area contributed by atoms with Crippen molar-refractivity contribution in [2.45, 2.75) is 32.2 Å². The van der Waals surface area contributed by atoms with Crippen molar-refractivity contribution in [3.63, 3.8) is 0 Å². The van der Waals surface area contributed by atoms with Gasteiger partial charge in [0.25, 0.3) is 5.91 Å². The lowest BCUT2D eigenvalue weighted by molar-refractivity contribution is -0.117. The molecular weight excluding hydrogens is 290 g/mol. The highest BCUT2D eigenvalue weighted by Gasteiger charge is 2.16. The van der Waals surface area contributed by atoms with E-state index in [0.717, 1.165) is 12.8 Å². The molecule has 116 valence electrons. The molecule has 0 saturated heterocycles. The lowest BCUT2D eigenvalue weighted by atomic mass is 10.1. The van der Waals surface area contributed by atoms with E-state index in [0.29, 0.717) is 22.7 Å². The fourth-order valence-electron chi connectivity index (χ4n) is 1.79. The Balaban J connectivity index is 2.85. The number of halogens is 1. The largest absolute Gasteiger partial charge is 0.345 e. The van der Waals surface area contributed by atoms with Gasteiger partial charge in [-0.25, -0.2) is 0 Å². The topological polar surface area (TPSA) is 75.4 Å². The molecule has 0 fully saturated rings. The Hall–Kier alpha value is -1.59. The zero-order valence-corrected chi connectivity index (χ0v) is 13.4. The summed E-state index contributed by atoms with van der Waals surface area (Å²) in [6.45, 7) is 2.04. The quantitative estimate of drug-likeness (QED) is 0.847. The van der Waals surface area contributed by atoms with Gasteiger partial charge < -0.3 is 16.0 Å². The molecule has 0 aromatic heterocycles. The van der Waals surface area contributed by atoms with Gasteiger partial charge in [0.1, 0.15) is 0 Å². The second kappa shape index (κ2) is 8.00. The first-order valence-electron chi connectivity index (χ1n) is 6.94. The van der Waals surface area contributed by atoms with Gasteiger partial charge in [-0.2, -0.15) is 0 Å². The number of nitrogens with zero attached hydrogens (tertiary/aromatic N) is 1. The van der Waals surface area contributed by atoms with Crippen LogP contribution < -0.4 is 11.1 Å². The van der Waals surface area contributed by atoms with Crippen LogP contribution in [0.25, 0.3) is 0 Å². The highest BCUT2D eigenvalue weighted by molar-refractivity contribution is 6.34. The first-order chi connectivity index (χ1) is 9.86. The average Bonchev–Trinajstić information content (AvgIpc) is 2.45. The van der Waals surface area contributed by atoms with E-state index in [2.05, 4.69) is 5.32 Å². The minimum absolute atomic E-state index is 0.155. The van der Waals surface area contributed by atoms with E-state index in [9.17, 15) is 9.59 Å². The zero-order valence-electron chi connectivity index (χ0n) is 12.6. The van der Waals surface area contributed by atoms with Gasteiger partial charge in [0.15, 0.2) is 0 Å². The molecule has 1 aromatic carbocycles. The second-order valence-corrected chi connectivity index (χ2v) is 5.54. The van der Waals surface area contributed by atoms with Crippen molar-refractivity contribution < 1.29 is 9.59 Å². The van der Waals surface area contributed by atoms with Gasteiger partial charge in [0.2, 0.25) is 5.91 Å². The van der Waals surface area contributed by atoms with Crippen LogP contribution >= 0.6 is 11.6 Å². The maximum Gasteiger partial charge on any atom is 0.253 e. The number of hydrogen-bond donors (Lipinski definition) is 2. The Morgan fingerprint density at radius 3 is 2.62 bits per heavy atom. The zero-order chi connectivity index (χ0) is 16.0. The van der Waals surface area contributed by atoms with Crippen LogP contribution in [0, 0.1) is 0 Å². The molecule has 0 aliphatic heterocycles. The number of carbonyl (C=O) groups excluding carboxylic acids is 2. The summed E-state index contributed by atoms with van der Waals surface area (Å²) in [5.74, 6) is -0.447. The summed E-state index contributed by atoms with van der Waals surface area (Å²) in [6.07, 6.45) is 2.49. The predicted octanol–water partition coefficient (Wildman–Crippen LogP) is 2.50. The molecule has 3 N–H and O–H groups in total. The molecule has 0 heterocycles. The number of carbonyl (C=O) groups is 2. The summed E-state index contributed by atoms with van der Waals surface area (Å²) in [5, 5.41) is 3.06.